The monoisotopic (exact) mass is 548 g/mol. The van der Waals surface area contributed by atoms with Crippen LogP contribution < -0.4 is 10.2 Å². The molecular weight excluding hydrogens is 527 g/mol. The quantitative estimate of drug-likeness (QED) is 0.246. The van der Waals surface area contributed by atoms with E-state index in [2.05, 4.69) is 40.5 Å². The summed E-state index contributed by atoms with van der Waals surface area (Å²) >= 11 is 12.7. The maximum atomic E-state index is 6.55. The molecule has 0 unspecified atom stereocenters. The average molecular weight is 549 g/mol. The van der Waals surface area contributed by atoms with E-state index >= 15 is 0 Å². The van der Waals surface area contributed by atoms with Crippen molar-refractivity contribution in [1.29, 1.82) is 0 Å². The van der Waals surface area contributed by atoms with E-state index in [-0.39, 0.29) is 6.04 Å². The van der Waals surface area contributed by atoms with Crippen LogP contribution in [0.1, 0.15) is 22.9 Å². The SMILES string of the molecule is Cc1nn(-c2ccccc2)c2c1[C@H](c1ccccc1)N1C(=N2)C(=Nc2ccc(Cl)cc2Cl)Nc2ccccc21. The van der Waals surface area contributed by atoms with Gasteiger partial charge in [-0.05, 0) is 55.0 Å². The number of rotatable bonds is 3. The summed E-state index contributed by atoms with van der Waals surface area (Å²) < 4.78 is 1.92. The van der Waals surface area contributed by atoms with E-state index in [0.717, 1.165) is 39.7 Å². The first kappa shape index (κ1) is 23.7. The summed E-state index contributed by atoms with van der Waals surface area (Å²) in [5.41, 5.74) is 6.56. The first-order valence-corrected chi connectivity index (χ1v) is 13.3. The van der Waals surface area contributed by atoms with Crippen LogP contribution in [0, 0.1) is 6.92 Å². The summed E-state index contributed by atoms with van der Waals surface area (Å²) in [5, 5.41) is 9.50. The molecule has 2 aliphatic heterocycles. The molecule has 1 atom stereocenters. The largest absolute Gasteiger partial charge is 0.335 e. The highest BCUT2D eigenvalue weighted by molar-refractivity contribution is 6.52. The van der Waals surface area contributed by atoms with E-state index in [9.17, 15) is 0 Å². The van der Waals surface area contributed by atoms with Gasteiger partial charge in [-0.15, -0.1) is 0 Å². The fraction of sp³-hybridized carbons (Fsp3) is 0.0645. The number of para-hydroxylation sites is 3. The molecule has 5 aromatic rings. The third kappa shape index (κ3) is 4.00. The lowest BCUT2D eigenvalue weighted by Gasteiger charge is -2.41. The minimum absolute atomic E-state index is 0.180. The molecule has 3 heterocycles. The van der Waals surface area contributed by atoms with Gasteiger partial charge in [-0.3, -0.25) is 0 Å². The van der Waals surface area contributed by atoms with Crippen LogP contribution in [0.15, 0.2) is 113 Å². The maximum absolute atomic E-state index is 6.55. The number of nitrogens with one attached hydrogen (secondary N) is 1. The number of nitrogens with zero attached hydrogens (tertiary/aromatic N) is 5. The van der Waals surface area contributed by atoms with Crippen LogP contribution in [-0.4, -0.2) is 21.5 Å². The predicted octanol–water partition coefficient (Wildman–Crippen LogP) is 8.28. The van der Waals surface area contributed by atoms with E-state index in [1.807, 2.05) is 72.3 Å². The number of benzene rings is 4. The molecule has 6 nitrogen and oxygen atoms in total. The molecule has 7 rings (SSSR count). The molecule has 1 N–H and O–H groups in total. The summed E-state index contributed by atoms with van der Waals surface area (Å²) in [6.07, 6.45) is 0. The van der Waals surface area contributed by atoms with Crippen molar-refractivity contribution in [3.8, 4) is 5.69 Å². The Kier molecular flexibility index (Phi) is 5.72. The molecule has 0 aliphatic carbocycles. The second-order valence-electron chi connectivity index (χ2n) is 9.39. The Morgan fingerprint density at radius 3 is 2.33 bits per heavy atom. The van der Waals surface area contributed by atoms with E-state index in [0.29, 0.717) is 27.4 Å². The number of aliphatic imine (C=N–C) groups is 2. The number of amidine groups is 2. The second kappa shape index (κ2) is 9.42. The van der Waals surface area contributed by atoms with Crippen molar-refractivity contribution in [2.45, 2.75) is 13.0 Å². The molecule has 0 fully saturated rings. The van der Waals surface area contributed by atoms with Crippen LogP contribution in [-0.2, 0) is 0 Å². The van der Waals surface area contributed by atoms with Crippen LogP contribution in [0.2, 0.25) is 10.0 Å². The highest BCUT2D eigenvalue weighted by Gasteiger charge is 2.41. The van der Waals surface area contributed by atoms with Gasteiger partial charge in [0.15, 0.2) is 17.5 Å². The zero-order valence-corrected chi connectivity index (χ0v) is 22.4. The van der Waals surface area contributed by atoms with Gasteiger partial charge in [-0.1, -0.05) is 83.9 Å². The Morgan fingerprint density at radius 1 is 0.846 bits per heavy atom. The fourth-order valence-corrected chi connectivity index (χ4v) is 5.67. The topological polar surface area (TPSA) is 57.8 Å². The van der Waals surface area contributed by atoms with Crippen molar-refractivity contribution in [3.63, 3.8) is 0 Å². The van der Waals surface area contributed by atoms with Crippen molar-refractivity contribution in [3.05, 3.63) is 130 Å². The third-order valence-corrected chi connectivity index (χ3v) is 7.48. The number of halogens is 2. The summed E-state index contributed by atoms with van der Waals surface area (Å²) in [6, 6.07) is 33.8. The van der Waals surface area contributed by atoms with Crippen molar-refractivity contribution in [2.24, 2.45) is 9.98 Å². The number of aryl methyl sites for hydroxylation is 1. The van der Waals surface area contributed by atoms with Crippen LogP contribution in [0.25, 0.3) is 5.69 Å². The molecule has 39 heavy (non-hydrogen) atoms. The van der Waals surface area contributed by atoms with Gasteiger partial charge in [0.25, 0.3) is 0 Å². The van der Waals surface area contributed by atoms with Gasteiger partial charge in [0.2, 0.25) is 0 Å². The smallest absolute Gasteiger partial charge is 0.179 e. The van der Waals surface area contributed by atoms with Gasteiger partial charge in [0.1, 0.15) is 0 Å². The van der Waals surface area contributed by atoms with Crippen LogP contribution in [0.5, 0.6) is 0 Å². The number of anilines is 2. The molecule has 0 radical (unpaired) electrons. The lowest BCUT2D eigenvalue weighted by molar-refractivity contribution is 0.816. The minimum Gasteiger partial charge on any atom is -0.335 e. The van der Waals surface area contributed by atoms with Crippen LogP contribution in [0.4, 0.5) is 22.9 Å². The molecule has 0 saturated carbocycles. The van der Waals surface area contributed by atoms with E-state index in [4.69, 9.17) is 38.3 Å². The standard InChI is InChI=1S/C31H22Cl2N6/c1-19-27-28(20-10-4-2-5-11-20)38-26-15-9-8-14-25(26)35-29(34-24-17-16-21(32)18-23(24)33)31(38)36-30(27)39(37-19)22-12-6-3-7-13-22/h2-18,28H,1H3,(H,34,35)/t28-/m0/s1. The number of hydrogen-bond donors (Lipinski definition) is 1. The maximum Gasteiger partial charge on any atom is 0.179 e. The Morgan fingerprint density at radius 2 is 1.56 bits per heavy atom. The number of fused-ring (bicyclic) bond motifs is 4. The first-order chi connectivity index (χ1) is 19.1. The average Bonchev–Trinajstić information content (AvgIpc) is 3.30. The molecule has 0 saturated heterocycles. The Balaban J connectivity index is 1.53. The highest BCUT2D eigenvalue weighted by atomic mass is 35.5. The van der Waals surface area contributed by atoms with Crippen LogP contribution >= 0.6 is 23.2 Å². The molecular formula is C31H22Cl2N6. The van der Waals surface area contributed by atoms with Crippen molar-refractivity contribution in [2.75, 3.05) is 10.2 Å². The molecule has 0 spiro atoms. The molecule has 0 bridgehead atoms. The van der Waals surface area contributed by atoms with E-state index < -0.39 is 0 Å². The summed E-state index contributed by atoms with van der Waals surface area (Å²) in [5.74, 6) is 2.04. The second-order valence-corrected chi connectivity index (χ2v) is 10.2. The number of hydrogen-bond acceptors (Lipinski definition) is 4. The van der Waals surface area contributed by atoms with Crippen LogP contribution in [0.3, 0.4) is 0 Å². The zero-order valence-electron chi connectivity index (χ0n) is 20.9. The molecule has 190 valence electrons. The molecule has 8 heteroatoms. The Hall–Kier alpha value is -4.39. The Labute approximate surface area is 235 Å². The number of aromatic nitrogens is 2. The van der Waals surface area contributed by atoms with Crippen molar-refractivity contribution < 1.29 is 0 Å². The van der Waals surface area contributed by atoms with Gasteiger partial charge >= 0.3 is 0 Å². The minimum atomic E-state index is -0.180. The van der Waals surface area contributed by atoms with Gasteiger partial charge in [0, 0.05) is 10.6 Å². The van der Waals surface area contributed by atoms with Crippen molar-refractivity contribution in [1.82, 2.24) is 9.78 Å². The van der Waals surface area contributed by atoms with Gasteiger partial charge in [-0.25, -0.2) is 14.7 Å². The highest BCUT2D eigenvalue weighted by Crippen LogP contribution is 2.47. The first-order valence-electron chi connectivity index (χ1n) is 12.6. The zero-order chi connectivity index (χ0) is 26.5. The summed E-state index contributed by atoms with van der Waals surface area (Å²) in [6.45, 7) is 2.05. The van der Waals surface area contributed by atoms with Gasteiger partial charge in [-0.2, -0.15) is 5.10 Å². The van der Waals surface area contributed by atoms with Gasteiger partial charge in [0.05, 0.1) is 39.5 Å². The third-order valence-electron chi connectivity index (χ3n) is 6.94. The fourth-order valence-electron chi connectivity index (χ4n) is 5.22. The van der Waals surface area contributed by atoms with E-state index in [1.165, 1.54) is 0 Å². The van der Waals surface area contributed by atoms with Crippen molar-refractivity contribution >= 4 is 57.8 Å². The summed E-state index contributed by atoms with van der Waals surface area (Å²) in [7, 11) is 0. The predicted molar refractivity (Wildman–Crippen MR) is 160 cm³/mol. The Bertz CT molecular complexity index is 1780. The summed E-state index contributed by atoms with van der Waals surface area (Å²) in [4.78, 5) is 12.5. The van der Waals surface area contributed by atoms with E-state index in [1.54, 1.807) is 12.1 Å². The molecule has 1 aromatic heterocycles. The lowest BCUT2D eigenvalue weighted by atomic mass is 9.93. The van der Waals surface area contributed by atoms with Gasteiger partial charge < -0.3 is 10.2 Å². The molecule has 4 aromatic carbocycles. The lowest BCUT2D eigenvalue weighted by Crippen LogP contribution is -2.48. The molecule has 0 amide bonds. The molecule has 2 aliphatic rings. The normalized spacial score (nSPS) is 16.7.